The molecule has 2 unspecified atom stereocenters. The highest BCUT2D eigenvalue weighted by Crippen LogP contribution is 2.44. The molecule has 0 radical (unpaired) electrons. The third-order valence-corrected chi connectivity index (χ3v) is 7.46. The zero-order valence-electron chi connectivity index (χ0n) is 15.2. The van der Waals surface area contributed by atoms with E-state index in [1.54, 1.807) is 18.2 Å². The minimum absolute atomic E-state index is 0.0241. The molecule has 2 aromatic rings. The SMILES string of the molecule is O=C(O)N(CCO)CC1COc2cc(Br)ccc2C1S(=O)(=O)c1ccc(F)cc1. The Bertz CT molecular complexity index is 998. The summed E-state index contributed by atoms with van der Waals surface area (Å²) in [6.45, 7) is -0.707. The number of ether oxygens (including phenoxy) is 1. The quantitative estimate of drug-likeness (QED) is 0.606. The molecular formula is C19H19BrFNO6S. The van der Waals surface area contributed by atoms with E-state index < -0.39 is 39.5 Å². The normalized spacial score (nSPS) is 18.6. The zero-order valence-corrected chi connectivity index (χ0v) is 17.6. The van der Waals surface area contributed by atoms with E-state index in [0.717, 1.165) is 17.0 Å². The van der Waals surface area contributed by atoms with Gasteiger partial charge in [-0.05, 0) is 36.4 Å². The molecule has 0 aromatic heterocycles. The average Bonchev–Trinajstić information content (AvgIpc) is 2.67. The summed E-state index contributed by atoms with van der Waals surface area (Å²) < 4.78 is 46.7. The van der Waals surface area contributed by atoms with Crippen molar-refractivity contribution in [2.24, 2.45) is 5.92 Å². The molecule has 1 heterocycles. The van der Waals surface area contributed by atoms with Gasteiger partial charge in [0, 0.05) is 29.0 Å². The number of carbonyl (C=O) groups is 1. The first-order chi connectivity index (χ1) is 13.7. The van der Waals surface area contributed by atoms with Crippen molar-refractivity contribution < 1.29 is 32.6 Å². The van der Waals surface area contributed by atoms with Gasteiger partial charge in [0.05, 0.1) is 18.1 Å². The maximum absolute atomic E-state index is 13.5. The van der Waals surface area contributed by atoms with Gasteiger partial charge >= 0.3 is 6.09 Å². The number of hydrogen-bond acceptors (Lipinski definition) is 5. The molecule has 7 nitrogen and oxygen atoms in total. The summed E-state index contributed by atoms with van der Waals surface area (Å²) in [7, 11) is -3.98. The van der Waals surface area contributed by atoms with Crippen LogP contribution in [0.15, 0.2) is 51.8 Å². The number of sulfone groups is 1. The first kappa shape index (κ1) is 21.5. The highest BCUT2D eigenvalue weighted by atomic mass is 79.9. The molecule has 156 valence electrons. The van der Waals surface area contributed by atoms with Crippen molar-refractivity contribution in [3.63, 3.8) is 0 Å². The minimum atomic E-state index is -3.98. The Morgan fingerprint density at radius 3 is 2.55 bits per heavy atom. The van der Waals surface area contributed by atoms with Crippen LogP contribution in [0.3, 0.4) is 0 Å². The van der Waals surface area contributed by atoms with Crippen LogP contribution in [0.5, 0.6) is 5.75 Å². The predicted octanol–water partition coefficient (Wildman–Crippen LogP) is 3.08. The van der Waals surface area contributed by atoms with E-state index in [1.165, 1.54) is 12.1 Å². The van der Waals surface area contributed by atoms with Gasteiger partial charge in [0.15, 0.2) is 9.84 Å². The van der Waals surface area contributed by atoms with Gasteiger partial charge in [-0.15, -0.1) is 0 Å². The number of carboxylic acid groups (broad SMARTS) is 1. The third kappa shape index (κ3) is 4.54. The Kier molecular flexibility index (Phi) is 6.45. The smallest absolute Gasteiger partial charge is 0.407 e. The molecule has 0 saturated carbocycles. The van der Waals surface area contributed by atoms with E-state index in [0.29, 0.717) is 15.8 Å². The fraction of sp³-hybridized carbons (Fsp3) is 0.316. The first-order valence-electron chi connectivity index (χ1n) is 8.74. The molecule has 0 spiro atoms. The van der Waals surface area contributed by atoms with E-state index in [2.05, 4.69) is 15.9 Å². The molecule has 3 rings (SSSR count). The van der Waals surface area contributed by atoms with Crippen LogP contribution in [0.1, 0.15) is 10.8 Å². The van der Waals surface area contributed by atoms with E-state index in [1.807, 2.05) is 0 Å². The molecule has 10 heteroatoms. The summed E-state index contributed by atoms with van der Waals surface area (Å²) in [6, 6.07) is 9.48. The molecular weight excluding hydrogens is 469 g/mol. The van der Waals surface area contributed by atoms with Gasteiger partial charge in [0.1, 0.15) is 16.8 Å². The van der Waals surface area contributed by atoms with Crippen molar-refractivity contribution in [1.29, 1.82) is 0 Å². The highest BCUT2D eigenvalue weighted by Gasteiger charge is 2.42. The van der Waals surface area contributed by atoms with Crippen LogP contribution in [-0.4, -0.2) is 55.9 Å². The highest BCUT2D eigenvalue weighted by molar-refractivity contribution is 9.10. The minimum Gasteiger partial charge on any atom is -0.493 e. The van der Waals surface area contributed by atoms with Crippen molar-refractivity contribution in [3.8, 4) is 5.75 Å². The number of amides is 1. The molecule has 2 N–H and O–H groups in total. The van der Waals surface area contributed by atoms with E-state index in [-0.39, 0.29) is 24.6 Å². The topological polar surface area (TPSA) is 104 Å². The fourth-order valence-electron chi connectivity index (χ4n) is 3.42. The summed E-state index contributed by atoms with van der Waals surface area (Å²) in [5.74, 6) is -0.895. The van der Waals surface area contributed by atoms with E-state index in [4.69, 9.17) is 9.84 Å². The molecule has 0 fully saturated rings. The van der Waals surface area contributed by atoms with Crippen LogP contribution in [-0.2, 0) is 9.84 Å². The lowest BCUT2D eigenvalue weighted by Gasteiger charge is -2.35. The van der Waals surface area contributed by atoms with Crippen LogP contribution in [0.4, 0.5) is 9.18 Å². The van der Waals surface area contributed by atoms with Crippen molar-refractivity contribution in [1.82, 2.24) is 4.90 Å². The summed E-state index contributed by atoms with van der Waals surface area (Å²) in [4.78, 5) is 12.4. The van der Waals surface area contributed by atoms with Crippen molar-refractivity contribution in [2.45, 2.75) is 10.1 Å². The zero-order chi connectivity index (χ0) is 21.2. The lowest BCUT2D eigenvalue weighted by atomic mass is 9.95. The Morgan fingerprint density at radius 1 is 1.24 bits per heavy atom. The van der Waals surface area contributed by atoms with Gasteiger partial charge in [-0.2, -0.15) is 0 Å². The van der Waals surface area contributed by atoms with E-state index >= 15 is 0 Å². The Balaban J connectivity index is 2.07. The summed E-state index contributed by atoms with van der Waals surface area (Å²) >= 11 is 3.32. The lowest BCUT2D eigenvalue weighted by Crippen LogP contribution is -2.43. The number of fused-ring (bicyclic) bond motifs is 1. The fourth-order valence-corrected chi connectivity index (χ4v) is 5.76. The maximum Gasteiger partial charge on any atom is 0.407 e. The number of aliphatic hydroxyl groups is 1. The van der Waals surface area contributed by atoms with Crippen molar-refractivity contribution in [2.75, 3.05) is 26.3 Å². The van der Waals surface area contributed by atoms with Crippen molar-refractivity contribution in [3.05, 3.63) is 58.3 Å². The third-order valence-electron chi connectivity index (χ3n) is 4.74. The van der Waals surface area contributed by atoms with Gasteiger partial charge in [-0.3, -0.25) is 0 Å². The monoisotopic (exact) mass is 487 g/mol. The standard InChI is InChI=1S/C19H19BrFNO6S/c20-13-1-6-16-17(9-13)28-11-12(10-22(7-8-23)19(24)25)18(16)29(26,27)15-4-2-14(21)3-5-15/h1-6,9,12,18,23H,7-8,10-11H2,(H,24,25). The number of halogens is 2. The van der Waals surface area contributed by atoms with Crippen molar-refractivity contribution >= 4 is 31.9 Å². The van der Waals surface area contributed by atoms with E-state index in [9.17, 15) is 22.7 Å². The lowest BCUT2D eigenvalue weighted by molar-refractivity contribution is 0.108. The molecule has 2 aromatic carbocycles. The number of nitrogens with zero attached hydrogens (tertiary/aromatic N) is 1. The molecule has 0 aliphatic carbocycles. The summed E-state index contributed by atoms with van der Waals surface area (Å²) in [5.41, 5.74) is 0.406. The first-order valence-corrected chi connectivity index (χ1v) is 11.1. The molecule has 0 saturated heterocycles. The number of hydrogen-bond donors (Lipinski definition) is 2. The van der Waals surface area contributed by atoms with Gasteiger partial charge in [0.2, 0.25) is 0 Å². The molecule has 1 aliphatic rings. The molecule has 1 amide bonds. The predicted molar refractivity (Wildman–Crippen MR) is 106 cm³/mol. The van der Waals surface area contributed by atoms with Gasteiger partial charge in [0.25, 0.3) is 0 Å². The van der Waals surface area contributed by atoms with Crippen LogP contribution in [0.25, 0.3) is 0 Å². The van der Waals surface area contributed by atoms with Gasteiger partial charge in [-0.25, -0.2) is 17.6 Å². The van der Waals surface area contributed by atoms with Crippen LogP contribution >= 0.6 is 15.9 Å². The second-order valence-corrected chi connectivity index (χ2v) is 9.61. The molecule has 2 atom stereocenters. The Hall–Kier alpha value is -2.17. The molecule has 29 heavy (non-hydrogen) atoms. The molecule has 0 bridgehead atoms. The Labute approximate surface area is 175 Å². The second-order valence-electron chi connectivity index (χ2n) is 6.62. The Morgan fingerprint density at radius 2 is 1.93 bits per heavy atom. The van der Waals surface area contributed by atoms with Crippen LogP contribution < -0.4 is 4.74 Å². The maximum atomic E-state index is 13.5. The van der Waals surface area contributed by atoms with Crippen LogP contribution in [0, 0.1) is 11.7 Å². The summed E-state index contributed by atoms with van der Waals surface area (Å²) in [5, 5.41) is 17.4. The van der Waals surface area contributed by atoms with Crippen LogP contribution in [0.2, 0.25) is 0 Å². The summed E-state index contributed by atoms with van der Waals surface area (Å²) in [6.07, 6.45) is -1.27. The van der Waals surface area contributed by atoms with Gasteiger partial charge in [-0.1, -0.05) is 22.0 Å². The average molecular weight is 488 g/mol. The number of aliphatic hydroxyl groups excluding tert-OH is 1. The second kappa shape index (κ2) is 8.68. The molecule has 1 aliphatic heterocycles. The number of rotatable bonds is 6. The number of benzene rings is 2. The largest absolute Gasteiger partial charge is 0.493 e. The van der Waals surface area contributed by atoms with Gasteiger partial charge < -0.3 is 19.8 Å².